The largest absolute Gasteiger partial charge is 0.347 e. The lowest BCUT2D eigenvalue weighted by Crippen LogP contribution is -2.16. The normalized spacial score (nSPS) is 14.5. The van der Waals surface area contributed by atoms with Crippen LogP contribution >= 0.6 is 38.6 Å². The van der Waals surface area contributed by atoms with Gasteiger partial charge in [-0.15, -0.1) is 22.7 Å². The molecule has 0 radical (unpaired) electrons. The molecule has 1 aliphatic rings. The number of hydrogen-bond acceptors (Lipinski definition) is 5. The Morgan fingerprint density at radius 2 is 2.32 bits per heavy atom. The molecule has 2 aromatic rings. The van der Waals surface area contributed by atoms with Crippen molar-refractivity contribution < 1.29 is 4.79 Å². The molecule has 0 amide bonds. The molecule has 2 aromatic heterocycles. The first-order chi connectivity index (χ1) is 9.13. The van der Waals surface area contributed by atoms with Gasteiger partial charge in [-0.05, 0) is 45.8 Å². The summed E-state index contributed by atoms with van der Waals surface area (Å²) in [6, 6.07) is 2.12. The van der Waals surface area contributed by atoms with Crippen LogP contribution < -0.4 is 4.90 Å². The van der Waals surface area contributed by atoms with Crippen LogP contribution in [0, 0.1) is 0 Å². The van der Waals surface area contributed by atoms with Gasteiger partial charge in [-0.25, -0.2) is 4.98 Å². The van der Waals surface area contributed by atoms with Crippen LogP contribution in [-0.4, -0.2) is 17.8 Å². The smallest absolute Gasteiger partial charge is 0.186 e. The number of rotatable bonds is 3. The van der Waals surface area contributed by atoms with Crippen LogP contribution in [0.1, 0.15) is 33.8 Å². The highest BCUT2D eigenvalue weighted by molar-refractivity contribution is 9.11. The minimum absolute atomic E-state index is 0.204. The van der Waals surface area contributed by atoms with Crippen LogP contribution in [0.15, 0.2) is 15.2 Å². The number of carbonyl (C=O) groups is 1. The molecule has 0 atom stereocenters. The van der Waals surface area contributed by atoms with E-state index in [9.17, 15) is 4.79 Å². The molecule has 100 valence electrons. The molecule has 3 rings (SSSR count). The van der Waals surface area contributed by atoms with E-state index in [0.29, 0.717) is 12.1 Å². The number of anilines is 1. The standard InChI is InChI=1S/C13H13BrN2OS2/c1-16(6-8-5-11(14)18-7-8)13-15-12-9(17)3-2-4-10(12)19-13/h5,7H,2-4,6H2,1H3. The maximum atomic E-state index is 11.8. The zero-order valence-electron chi connectivity index (χ0n) is 10.5. The Labute approximate surface area is 128 Å². The first-order valence-corrected chi connectivity index (χ1v) is 8.59. The van der Waals surface area contributed by atoms with E-state index < -0.39 is 0 Å². The Morgan fingerprint density at radius 1 is 1.47 bits per heavy atom. The van der Waals surface area contributed by atoms with Crippen molar-refractivity contribution in [2.75, 3.05) is 11.9 Å². The number of thiophene rings is 1. The third-order valence-corrected chi connectivity index (χ3v) is 5.91. The van der Waals surface area contributed by atoms with Crippen LogP contribution in [-0.2, 0) is 13.0 Å². The highest BCUT2D eigenvalue weighted by Crippen LogP contribution is 2.32. The number of aryl methyl sites for hydroxylation is 1. The van der Waals surface area contributed by atoms with Crippen LogP contribution in [0.2, 0.25) is 0 Å². The van der Waals surface area contributed by atoms with Gasteiger partial charge in [-0.3, -0.25) is 4.79 Å². The van der Waals surface area contributed by atoms with Gasteiger partial charge < -0.3 is 4.90 Å². The summed E-state index contributed by atoms with van der Waals surface area (Å²) in [5, 5.41) is 3.08. The SMILES string of the molecule is CN(Cc1csc(Br)c1)c1nc2c(s1)CCCC2=O. The Hall–Kier alpha value is -0.720. The second kappa shape index (κ2) is 5.34. The number of aromatic nitrogens is 1. The van der Waals surface area contributed by atoms with Crippen molar-refractivity contribution >= 4 is 49.5 Å². The van der Waals surface area contributed by atoms with E-state index in [1.165, 1.54) is 5.56 Å². The molecular weight excluding hydrogens is 344 g/mol. The molecule has 19 heavy (non-hydrogen) atoms. The van der Waals surface area contributed by atoms with E-state index in [1.54, 1.807) is 22.7 Å². The van der Waals surface area contributed by atoms with E-state index in [1.807, 2.05) is 7.05 Å². The molecule has 0 aromatic carbocycles. The summed E-state index contributed by atoms with van der Waals surface area (Å²) in [5.41, 5.74) is 1.98. The van der Waals surface area contributed by atoms with Gasteiger partial charge in [-0.1, -0.05) is 0 Å². The third-order valence-electron chi connectivity index (χ3n) is 3.13. The number of ketones is 1. The van der Waals surface area contributed by atoms with Crippen LogP contribution in [0.5, 0.6) is 0 Å². The lowest BCUT2D eigenvalue weighted by atomic mass is 10.0. The maximum absolute atomic E-state index is 11.8. The number of halogens is 1. The van der Waals surface area contributed by atoms with Gasteiger partial charge in [0.05, 0.1) is 3.79 Å². The quantitative estimate of drug-likeness (QED) is 0.828. The summed E-state index contributed by atoms with van der Waals surface area (Å²) < 4.78 is 1.14. The minimum Gasteiger partial charge on any atom is -0.347 e. The molecule has 1 aliphatic carbocycles. The van der Waals surface area contributed by atoms with E-state index in [4.69, 9.17) is 0 Å². The van der Waals surface area contributed by atoms with E-state index in [0.717, 1.165) is 33.2 Å². The van der Waals surface area contributed by atoms with Gasteiger partial charge >= 0.3 is 0 Å². The molecule has 0 N–H and O–H groups in total. The maximum Gasteiger partial charge on any atom is 0.186 e. The second-order valence-corrected chi connectivity index (χ2v) is 8.01. The summed E-state index contributed by atoms with van der Waals surface area (Å²) in [4.78, 5) is 19.6. The number of fused-ring (bicyclic) bond motifs is 1. The number of thiazole rings is 1. The average molecular weight is 357 g/mol. The number of nitrogens with zero attached hydrogens (tertiary/aromatic N) is 2. The van der Waals surface area contributed by atoms with Gasteiger partial charge in [0.25, 0.3) is 0 Å². The van der Waals surface area contributed by atoms with Crippen molar-refractivity contribution in [1.82, 2.24) is 4.98 Å². The molecule has 0 bridgehead atoms. The van der Waals surface area contributed by atoms with Crippen LogP contribution in [0.3, 0.4) is 0 Å². The topological polar surface area (TPSA) is 33.2 Å². The zero-order valence-corrected chi connectivity index (χ0v) is 13.7. The minimum atomic E-state index is 0.204. The van der Waals surface area contributed by atoms with E-state index >= 15 is 0 Å². The van der Waals surface area contributed by atoms with Crippen molar-refractivity contribution in [3.63, 3.8) is 0 Å². The average Bonchev–Trinajstić information content (AvgIpc) is 2.96. The summed E-state index contributed by atoms with van der Waals surface area (Å²) in [7, 11) is 2.03. The molecule has 6 heteroatoms. The molecule has 0 saturated carbocycles. The molecule has 0 spiro atoms. The van der Waals surface area contributed by atoms with Crippen molar-refractivity contribution in [3.8, 4) is 0 Å². The lowest BCUT2D eigenvalue weighted by Gasteiger charge is -2.14. The number of Topliss-reactive ketones (excluding diaryl/α,β-unsaturated/α-hetero) is 1. The summed E-state index contributed by atoms with van der Waals surface area (Å²) >= 11 is 6.82. The van der Waals surface area contributed by atoms with Gasteiger partial charge in [0, 0.05) is 24.9 Å². The molecule has 3 nitrogen and oxygen atoms in total. The monoisotopic (exact) mass is 356 g/mol. The molecule has 0 aliphatic heterocycles. The first-order valence-electron chi connectivity index (χ1n) is 6.10. The van der Waals surface area contributed by atoms with E-state index in [2.05, 4.69) is 37.3 Å². The Morgan fingerprint density at radius 3 is 3.00 bits per heavy atom. The summed E-state index contributed by atoms with van der Waals surface area (Å²) in [6.07, 6.45) is 2.61. The molecule has 0 fully saturated rings. The molecular formula is C13H13BrN2OS2. The van der Waals surface area contributed by atoms with Gasteiger partial charge in [0.15, 0.2) is 10.9 Å². The van der Waals surface area contributed by atoms with Crippen LogP contribution in [0.4, 0.5) is 5.13 Å². The van der Waals surface area contributed by atoms with E-state index in [-0.39, 0.29) is 5.78 Å². The number of carbonyl (C=O) groups excluding carboxylic acids is 1. The molecule has 2 heterocycles. The van der Waals surface area contributed by atoms with Gasteiger partial charge in [0.2, 0.25) is 0 Å². The third kappa shape index (κ3) is 2.75. The highest BCUT2D eigenvalue weighted by Gasteiger charge is 2.23. The second-order valence-electron chi connectivity index (χ2n) is 4.66. The fourth-order valence-corrected chi connectivity index (χ4v) is 4.47. The highest BCUT2D eigenvalue weighted by atomic mass is 79.9. The van der Waals surface area contributed by atoms with Crippen molar-refractivity contribution in [1.29, 1.82) is 0 Å². The molecule has 0 unspecified atom stereocenters. The van der Waals surface area contributed by atoms with Gasteiger partial charge in [-0.2, -0.15) is 0 Å². The summed E-state index contributed by atoms with van der Waals surface area (Å²) in [6.45, 7) is 0.822. The van der Waals surface area contributed by atoms with Crippen LogP contribution in [0.25, 0.3) is 0 Å². The zero-order chi connectivity index (χ0) is 13.4. The van der Waals surface area contributed by atoms with Gasteiger partial charge in [0.1, 0.15) is 5.69 Å². The Kier molecular flexibility index (Phi) is 3.73. The predicted molar refractivity (Wildman–Crippen MR) is 83.5 cm³/mol. The molecule has 0 saturated heterocycles. The first kappa shape index (κ1) is 13.3. The fourth-order valence-electron chi connectivity index (χ4n) is 2.19. The fraction of sp³-hybridized carbons (Fsp3) is 0.385. The van der Waals surface area contributed by atoms with Crippen molar-refractivity contribution in [2.24, 2.45) is 0 Å². The summed E-state index contributed by atoms with van der Waals surface area (Å²) in [5.74, 6) is 0.204. The van der Waals surface area contributed by atoms with Crippen molar-refractivity contribution in [2.45, 2.75) is 25.8 Å². The number of hydrogen-bond donors (Lipinski definition) is 0. The van der Waals surface area contributed by atoms with Crippen molar-refractivity contribution in [3.05, 3.63) is 31.4 Å². The Bertz CT molecular complexity index is 620. The lowest BCUT2D eigenvalue weighted by molar-refractivity contribution is 0.0968. The predicted octanol–water partition coefficient (Wildman–Crippen LogP) is 4.12. The Balaban J connectivity index is 1.80.